The minimum Gasteiger partial charge on any atom is -0.395 e. The number of aliphatic hydroxyl groups is 2. The molecule has 2 atom stereocenters. The van der Waals surface area contributed by atoms with E-state index in [1.165, 1.54) is 0 Å². The van der Waals surface area contributed by atoms with E-state index in [9.17, 15) is 0 Å². The minimum atomic E-state index is -0.229. The molecule has 0 amide bonds. The summed E-state index contributed by atoms with van der Waals surface area (Å²) in [5.74, 6) is 0. The molecule has 0 spiro atoms. The average molecular weight is 131 g/mol. The highest BCUT2D eigenvalue weighted by atomic mass is 16.3. The predicted octanol–water partition coefficient (Wildman–Crippen LogP) is -0.956. The molecule has 3 heteroatoms. The van der Waals surface area contributed by atoms with Gasteiger partial charge in [0.1, 0.15) is 0 Å². The van der Waals surface area contributed by atoms with Gasteiger partial charge in [-0.25, -0.2) is 0 Å². The predicted molar refractivity (Wildman–Crippen MR) is 34.1 cm³/mol. The second-order valence-corrected chi connectivity index (χ2v) is 2.67. The maximum atomic E-state index is 9.05. The summed E-state index contributed by atoms with van der Waals surface area (Å²) in [7, 11) is 1.91. The fraction of sp³-hybridized carbons (Fsp3) is 1.00. The van der Waals surface area contributed by atoms with Crippen molar-refractivity contribution in [3.63, 3.8) is 0 Å². The molecule has 0 aromatic carbocycles. The molecule has 9 heavy (non-hydrogen) atoms. The normalized spacial score (nSPS) is 37.7. The first-order valence-corrected chi connectivity index (χ1v) is 3.23. The third-order valence-corrected chi connectivity index (χ3v) is 1.88. The number of hydrogen-bond donors (Lipinski definition) is 2. The number of nitrogens with zero attached hydrogens (tertiary/aromatic N) is 1. The van der Waals surface area contributed by atoms with E-state index < -0.39 is 0 Å². The summed E-state index contributed by atoms with van der Waals surface area (Å²) in [6.45, 7) is 0.860. The Labute approximate surface area is 54.9 Å². The van der Waals surface area contributed by atoms with E-state index in [0.29, 0.717) is 13.0 Å². The molecule has 1 fully saturated rings. The van der Waals surface area contributed by atoms with Crippen LogP contribution in [-0.4, -0.2) is 47.5 Å². The van der Waals surface area contributed by atoms with Crippen molar-refractivity contribution < 1.29 is 10.2 Å². The molecule has 1 aliphatic heterocycles. The largest absolute Gasteiger partial charge is 0.395 e. The van der Waals surface area contributed by atoms with Gasteiger partial charge in [0.15, 0.2) is 0 Å². The molecule has 0 saturated carbocycles. The van der Waals surface area contributed by atoms with Crippen LogP contribution in [0.25, 0.3) is 0 Å². The van der Waals surface area contributed by atoms with Crippen LogP contribution in [0.15, 0.2) is 0 Å². The van der Waals surface area contributed by atoms with Gasteiger partial charge in [-0.3, -0.25) is 4.90 Å². The van der Waals surface area contributed by atoms with Gasteiger partial charge in [-0.2, -0.15) is 0 Å². The van der Waals surface area contributed by atoms with Crippen LogP contribution >= 0.6 is 0 Å². The summed E-state index contributed by atoms with van der Waals surface area (Å²) >= 11 is 0. The molecule has 0 aromatic heterocycles. The second-order valence-electron chi connectivity index (χ2n) is 2.67. The summed E-state index contributed by atoms with van der Waals surface area (Å²) in [5.41, 5.74) is 0. The van der Waals surface area contributed by atoms with Gasteiger partial charge < -0.3 is 10.2 Å². The zero-order valence-electron chi connectivity index (χ0n) is 5.62. The van der Waals surface area contributed by atoms with Gasteiger partial charge in [-0.15, -0.1) is 0 Å². The van der Waals surface area contributed by atoms with E-state index in [4.69, 9.17) is 10.2 Å². The van der Waals surface area contributed by atoms with Gasteiger partial charge in [-0.1, -0.05) is 0 Å². The standard InChI is InChI=1S/C6H13NO2/c1-7-3-6(9)2-5(7)4-8/h5-6,8-9H,2-4H2,1H3/t5-,6+/m1/s1. The minimum absolute atomic E-state index is 0.160. The Hall–Kier alpha value is -0.120. The Morgan fingerprint density at radius 1 is 1.67 bits per heavy atom. The molecule has 0 radical (unpaired) electrons. The van der Waals surface area contributed by atoms with Crippen molar-refractivity contribution in [3.05, 3.63) is 0 Å². The molecule has 0 bridgehead atoms. The highest BCUT2D eigenvalue weighted by Gasteiger charge is 2.26. The summed E-state index contributed by atoms with van der Waals surface area (Å²) in [5, 5.41) is 17.7. The second kappa shape index (κ2) is 2.64. The lowest BCUT2D eigenvalue weighted by molar-refractivity contribution is 0.180. The van der Waals surface area contributed by atoms with Crippen LogP contribution in [-0.2, 0) is 0 Å². The third-order valence-electron chi connectivity index (χ3n) is 1.88. The van der Waals surface area contributed by atoms with Crippen LogP contribution in [0.1, 0.15) is 6.42 Å². The Morgan fingerprint density at radius 3 is 2.56 bits per heavy atom. The van der Waals surface area contributed by atoms with Gasteiger partial charge >= 0.3 is 0 Å². The molecule has 1 aliphatic rings. The van der Waals surface area contributed by atoms with Crippen LogP contribution < -0.4 is 0 Å². The lowest BCUT2D eigenvalue weighted by atomic mass is 10.2. The Kier molecular flexibility index (Phi) is 2.05. The van der Waals surface area contributed by atoms with E-state index in [1.54, 1.807) is 0 Å². The van der Waals surface area contributed by atoms with E-state index >= 15 is 0 Å². The van der Waals surface area contributed by atoms with Crippen molar-refractivity contribution in [2.45, 2.75) is 18.6 Å². The first-order valence-electron chi connectivity index (χ1n) is 3.23. The quantitative estimate of drug-likeness (QED) is 0.482. The van der Waals surface area contributed by atoms with Crippen molar-refractivity contribution in [1.29, 1.82) is 0 Å². The Balaban J connectivity index is 2.38. The van der Waals surface area contributed by atoms with Gasteiger partial charge in [0.2, 0.25) is 0 Å². The number of hydrogen-bond acceptors (Lipinski definition) is 3. The highest BCUT2D eigenvalue weighted by molar-refractivity contribution is 4.81. The molecule has 0 unspecified atom stereocenters. The molecule has 0 aromatic rings. The van der Waals surface area contributed by atoms with Crippen LogP contribution in [0, 0.1) is 0 Å². The number of rotatable bonds is 1. The van der Waals surface area contributed by atoms with Gasteiger partial charge in [0, 0.05) is 12.6 Å². The monoisotopic (exact) mass is 131 g/mol. The summed E-state index contributed by atoms with van der Waals surface area (Å²) in [6.07, 6.45) is 0.486. The zero-order valence-corrected chi connectivity index (χ0v) is 5.62. The van der Waals surface area contributed by atoms with E-state index in [2.05, 4.69) is 0 Å². The zero-order chi connectivity index (χ0) is 6.85. The fourth-order valence-electron chi connectivity index (χ4n) is 1.26. The maximum Gasteiger partial charge on any atom is 0.0682 e. The van der Waals surface area contributed by atoms with Crippen molar-refractivity contribution in [3.8, 4) is 0 Å². The van der Waals surface area contributed by atoms with Crippen LogP contribution in [0.2, 0.25) is 0 Å². The Bertz CT molecular complexity index is 97.1. The average Bonchev–Trinajstić information content (AvgIpc) is 2.10. The van der Waals surface area contributed by atoms with Crippen molar-refractivity contribution in [2.75, 3.05) is 20.2 Å². The number of β-amino-alcohol motifs (C(OH)–C–C–N with tert-alkyl or cyclic N) is 1. The SMILES string of the molecule is CN1C[C@@H](O)C[C@@H]1CO. The summed E-state index contributed by atoms with van der Waals surface area (Å²) in [4.78, 5) is 1.98. The first kappa shape index (κ1) is 6.99. The number of likely N-dealkylation sites (N-methyl/N-ethyl adjacent to an activating group) is 1. The summed E-state index contributed by atoms with van der Waals surface area (Å²) in [6, 6.07) is 0.181. The van der Waals surface area contributed by atoms with Crippen molar-refractivity contribution in [1.82, 2.24) is 4.90 Å². The first-order chi connectivity index (χ1) is 4.24. The molecule has 1 saturated heterocycles. The van der Waals surface area contributed by atoms with Gasteiger partial charge in [0.25, 0.3) is 0 Å². The maximum absolute atomic E-state index is 9.05. The summed E-state index contributed by atoms with van der Waals surface area (Å²) < 4.78 is 0. The molecular formula is C6H13NO2. The van der Waals surface area contributed by atoms with E-state index in [-0.39, 0.29) is 18.8 Å². The van der Waals surface area contributed by atoms with E-state index in [1.807, 2.05) is 11.9 Å². The highest BCUT2D eigenvalue weighted by Crippen LogP contribution is 2.13. The van der Waals surface area contributed by atoms with Crippen LogP contribution in [0.5, 0.6) is 0 Å². The lowest BCUT2D eigenvalue weighted by Gasteiger charge is -2.14. The van der Waals surface area contributed by atoms with Crippen molar-refractivity contribution in [2.24, 2.45) is 0 Å². The number of likely N-dealkylation sites (tertiary alicyclic amines) is 1. The Morgan fingerprint density at radius 2 is 2.33 bits per heavy atom. The molecule has 2 N–H and O–H groups in total. The van der Waals surface area contributed by atoms with Crippen molar-refractivity contribution >= 4 is 0 Å². The van der Waals surface area contributed by atoms with Crippen LogP contribution in [0.3, 0.4) is 0 Å². The molecule has 1 heterocycles. The third kappa shape index (κ3) is 1.41. The molecular weight excluding hydrogens is 118 g/mol. The van der Waals surface area contributed by atoms with Gasteiger partial charge in [0.05, 0.1) is 12.7 Å². The lowest BCUT2D eigenvalue weighted by Crippen LogP contribution is -2.27. The molecule has 54 valence electrons. The molecule has 3 nitrogen and oxygen atoms in total. The smallest absolute Gasteiger partial charge is 0.0682 e. The number of aliphatic hydroxyl groups excluding tert-OH is 2. The topological polar surface area (TPSA) is 43.7 Å². The van der Waals surface area contributed by atoms with Crippen LogP contribution in [0.4, 0.5) is 0 Å². The van der Waals surface area contributed by atoms with E-state index in [0.717, 1.165) is 0 Å². The molecule has 1 rings (SSSR count). The van der Waals surface area contributed by atoms with Gasteiger partial charge in [-0.05, 0) is 13.5 Å². The molecule has 0 aliphatic carbocycles. The fourth-order valence-corrected chi connectivity index (χ4v) is 1.26.